The zero-order chi connectivity index (χ0) is 8.39. The van der Waals surface area contributed by atoms with Crippen LogP contribution in [0.3, 0.4) is 0 Å². The van der Waals surface area contributed by atoms with E-state index in [1.165, 1.54) is 0 Å². The molecular weight excluding hydrogens is 228 g/mol. The number of hydrogen-bond acceptors (Lipinski definition) is 4. The topological polar surface area (TPSA) is 32.3 Å². The first kappa shape index (κ1) is 11.5. The second kappa shape index (κ2) is 5.34. The minimum atomic E-state index is 0. The van der Waals surface area contributed by atoms with Crippen LogP contribution in [0.25, 0.3) is 0 Å². The van der Waals surface area contributed by atoms with E-state index in [0.717, 1.165) is 29.8 Å². The van der Waals surface area contributed by atoms with Crippen LogP contribution in [0, 0.1) is 0 Å². The minimum absolute atomic E-state index is 0. The molecule has 0 aromatic heterocycles. The van der Waals surface area contributed by atoms with Gasteiger partial charge in [-0.2, -0.15) is 0 Å². The van der Waals surface area contributed by atoms with E-state index in [4.69, 9.17) is 0 Å². The lowest BCUT2D eigenvalue weighted by molar-refractivity contribution is -0.131. The van der Waals surface area contributed by atoms with E-state index in [1.54, 1.807) is 11.8 Å². The van der Waals surface area contributed by atoms with Gasteiger partial charge in [-0.25, -0.2) is 0 Å². The highest BCUT2D eigenvalue weighted by atomic mass is 35.5. The molecular formula is C7H13ClN2OS2. The first-order valence-electron chi connectivity index (χ1n) is 4.05. The van der Waals surface area contributed by atoms with Gasteiger partial charge in [0.25, 0.3) is 0 Å². The molecule has 2 aliphatic heterocycles. The molecule has 76 valence electrons. The average molecular weight is 241 g/mol. The average Bonchev–Trinajstić information content (AvgIpc) is 2.77. The van der Waals surface area contributed by atoms with Crippen LogP contribution in [0.2, 0.25) is 0 Å². The van der Waals surface area contributed by atoms with Gasteiger partial charge in [-0.3, -0.25) is 10.1 Å². The number of halogens is 1. The predicted octanol–water partition coefficient (Wildman–Crippen LogP) is 0.604. The molecule has 1 atom stereocenters. The largest absolute Gasteiger partial charge is 0.331 e. The number of nitrogens with one attached hydrogen (secondary N) is 1. The van der Waals surface area contributed by atoms with Gasteiger partial charge in [-0.15, -0.1) is 35.9 Å². The number of thioether (sulfide) groups is 2. The van der Waals surface area contributed by atoms with Crippen LogP contribution in [0.5, 0.6) is 0 Å². The van der Waals surface area contributed by atoms with Crippen molar-refractivity contribution >= 4 is 41.8 Å². The number of amides is 1. The number of carbonyl (C=O) groups excluding carboxylic acids is 1. The van der Waals surface area contributed by atoms with E-state index >= 15 is 0 Å². The highest BCUT2D eigenvalue weighted by molar-refractivity contribution is 7.99. The van der Waals surface area contributed by atoms with Crippen LogP contribution in [-0.4, -0.2) is 46.7 Å². The molecule has 0 bridgehead atoms. The van der Waals surface area contributed by atoms with E-state index in [1.807, 2.05) is 16.7 Å². The molecule has 0 saturated carbocycles. The zero-order valence-electron chi connectivity index (χ0n) is 7.19. The second-order valence-electron chi connectivity index (χ2n) is 2.91. The summed E-state index contributed by atoms with van der Waals surface area (Å²) in [5.41, 5.74) is 0. The molecule has 0 radical (unpaired) electrons. The molecule has 1 N–H and O–H groups in total. The third-order valence-corrected chi connectivity index (χ3v) is 3.98. The summed E-state index contributed by atoms with van der Waals surface area (Å²) < 4.78 is 0. The van der Waals surface area contributed by atoms with Gasteiger partial charge in [0.1, 0.15) is 0 Å². The Morgan fingerprint density at radius 3 is 2.85 bits per heavy atom. The Bertz CT molecular complexity index is 163. The van der Waals surface area contributed by atoms with Crippen molar-refractivity contribution in [1.29, 1.82) is 0 Å². The van der Waals surface area contributed by atoms with Gasteiger partial charge in [0, 0.05) is 23.9 Å². The molecule has 2 aliphatic rings. The van der Waals surface area contributed by atoms with Crippen molar-refractivity contribution in [3.8, 4) is 0 Å². The van der Waals surface area contributed by atoms with Crippen molar-refractivity contribution in [2.75, 3.05) is 29.8 Å². The Kier molecular flexibility index (Phi) is 4.72. The van der Waals surface area contributed by atoms with Crippen molar-refractivity contribution in [2.24, 2.45) is 0 Å². The summed E-state index contributed by atoms with van der Waals surface area (Å²) >= 11 is 3.64. The fourth-order valence-corrected chi connectivity index (χ4v) is 3.25. The number of nitrogens with zero attached hydrogens (tertiary/aromatic N) is 1. The van der Waals surface area contributed by atoms with Gasteiger partial charge in [0.2, 0.25) is 5.91 Å². The smallest absolute Gasteiger partial charge is 0.241 e. The van der Waals surface area contributed by atoms with E-state index in [2.05, 4.69) is 5.32 Å². The van der Waals surface area contributed by atoms with E-state index in [9.17, 15) is 4.79 Å². The predicted molar refractivity (Wildman–Crippen MR) is 60.5 cm³/mol. The molecule has 0 aliphatic carbocycles. The molecule has 0 aromatic carbocycles. The van der Waals surface area contributed by atoms with Crippen LogP contribution >= 0.6 is 35.9 Å². The van der Waals surface area contributed by atoms with Crippen molar-refractivity contribution in [2.45, 2.75) is 6.04 Å². The number of hydrogen-bond donors (Lipinski definition) is 1. The Morgan fingerprint density at radius 1 is 1.46 bits per heavy atom. The third-order valence-electron chi connectivity index (χ3n) is 2.08. The highest BCUT2D eigenvalue weighted by Crippen LogP contribution is 2.17. The number of carbonyl (C=O) groups is 1. The summed E-state index contributed by atoms with van der Waals surface area (Å²) in [4.78, 5) is 13.6. The van der Waals surface area contributed by atoms with Crippen LogP contribution in [0.15, 0.2) is 0 Å². The van der Waals surface area contributed by atoms with Gasteiger partial charge >= 0.3 is 0 Å². The first-order chi connectivity index (χ1) is 5.88. The SMILES string of the molecule is Cl.O=C([C@@H]1CSCN1)N1CCSC1. The molecule has 2 heterocycles. The minimum Gasteiger partial charge on any atom is -0.331 e. The molecule has 2 fully saturated rings. The standard InChI is InChI=1S/C7H12N2OS2.ClH/c10-7(6-3-12-4-8-6)9-1-2-11-5-9;/h6,8H,1-5H2;1H/t6-;/m0./s1. The summed E-state index contributed by atoms with van der Waals surface area (Å²) in [6.45, 7) is 0.937. The zero-order valence-corrected chi connectivity index (χ0v) is 9.64. The van der Waals surface area contributed by atoms with Gasteiger partial charge in [0.15, 0.2) is 0 Å². The molecule has 6 heteroatoms. The second-order valence-corrected chi connectivity index (χ2v) is 5.02. The van der Waals surface area contributed by atoms with E-state index < -0.39 is 0 Å². The fraction of sp³-hybridized carbons (Fsp3) is 0.857. The normalized spacial score (nSPS) is 27.4. The molecule has 0 aromatic rings. The lowest BCUT2D eigenvalue weighted by atomic mass is 10.3. The summed E-state index contributed by atoms with van der Waals surface area (Å²) in [7, 11) is 0. The number of rotatable bonds is 1. The molecule has 2 saturated heterocycles. The Balaban J connectivity index is 0.000000845. The Labute approximate surface area is 92.8 Å². The fourth-order valence-electron chi connectivity index (χ4n) is 1.36. The van der Waals surface area contributed by atoms with Crippen LogP contribution < -0.4 is 5.32 Å². The molecule has 1 amide bonds. The van der Waals surface area contributed by atoms with Crippen molar-refractivity contribution in [3.05, 3.63) is 0 Å². The van der Waals surface area contributed by atoms with Crippen LogP contribution in [-0.2, 0) is 4.79 Å². The summed E-state index contributed by atoms with van der Waals surface area (Å²) in [6.07, 6.45) is 0. The van der Waals surface area contributed by atoms with E-state index in [-0.39, 0.29) is 18.4 Å². The maximum atomic E-state index is 11.7. The molecule has 13 heavy (non-hydrogen) atoms. The molecule has 2 rings (SSSR count). The Hall–Kier alpha value is 0.420. The van der Waals surface area contributed by atoms with Gasteiger partial charge in [0.05, 0.1) is 11.9 Å². The quantitative estimate of drug-likeness (QED) is 0.728. The molecule has 0 spiro atoms. The third kappa shape index (κ3) is 2.68. The van der Waals surface area contributed by atoms with Gasteiger partial charge in [-0.1, -0.05) is 0 Å². The van der Waals surface area contributed by atoms with Crippen molar-refractivity contribution < 1.29 is 4.79 Å². The monoisotopic (exact) mass is 240 g/mol. The lowest BCUT2D eigenvalue weighted by Crippen LogP contribution is -2.43. The van der Waals surface area contributed by atoms with Crippen LogP contribution in [0.4, 0.5) is 0 Å². The van der Waals surface area contributed by atoms with Gasteiger partial charge in [-0.05, 0) is 0 Å². The van der Waals surface area contributed by atoms with E-state index in [0.29, 0.717) is 5.91 Å². The Morgan fingerprint density at radius 2 is 2.31 bits per heavy atom. The summed E-state index contributed by atoms with van der Waals surface area (Å²) in [5, 5.41) is 3.20. The van der Waals surface area contributed by atoms with Crippen molar-refractivity contribution in [3.63, 3.8) is 0 Å². The maximum Gasteiger partial charge on any atom is 0.241 e. The lowest BCUT2D eigenvalue weighted by Gasteiger charge is -2.18. The molecule has 3 nitrogen and oxygen atoms in total. The van der Waals surface area contributed by atoms with Crippen LogP contribution in [0.1, 0.15) is 0 Å². The first-order valence-corrected chi connectivity index (χ1v) is 6.36. The molecule has 0 unspecified atom stereocenters. The highest BCUT2D eigenvalue weighted by Gasteiger charge is 2.28. The van der Waals surface area contributed by atoms with Gasteiger partial charge < -0.3 is 4.90 Å². The summed E-state index contributed by atoms with van der Waals surface area (Å²) in [6, 6.07) is 0.0914. The maximum absolute atomic E-state index is 11.7. The van der Waals surface area contributed by atoms with Crippen molar-refractivity contribution in [1.82, 2.24) is 10.2 Å². The summed E-state index contributed by atoms with van der Waals surface area (Å²) in [5.74, 6) is 4.16.